The molecule has 1 aromatic rings. The van der Waals surface area contributed by atoms with Gasteiger partial charge in [0.15, 0.2) is 0 Å². The minimum atomic E-state index is -0.880. The Bertz CT molecular complexity index is 348. The number of hydrogen-bond acceptors (Lipinski definition) is 3. The molecule has 1 unspecified atom stereocenters. The van der Waals surface area contributed by atoms with E-state index in [1.807, 2.05) is 0 Å². The molecule has 0 aliphatic rings. The SMILES string of the molecule is CC(CC(=O)O)CC(=O)NCc1cn[nH]c1. The summed E-state index contributed by atoms with van der Waals surface area (Å²) in [6.07, 6.45) is 3.56. The second-order valence-electron chi connectivity index (χ2n) is 3.79. The summed E-state index contributed by atoms with van der Waals surface area (Å²) < 4.78 is 0. The molecule has 1 rings (SSSR count). The normalized spacial score (nSPS) is 12.1. The minimum Gasteiger partial charge on any atom is -0.481 e. The van der Waals surface area contributed by atoms with Crippen molar-refractivity contribution in [1.29, 1.82) is 0 Å². The largest absolute Gasteiger partial charge is 0.481 e. The number of aromatic nitrogens is 2. The van der Waals surface area contributed by atoms with Gasteiger partial charge in [0, 0.05) is 31.1 Å². The van der Waals surface area contributed by atoms with Crippen molar-refractivity contribution < 1.29 is 14.7 Å². The Morgan fingerprint density at radius 2 is 2.31 bits per heavy atom. The molecule has 1 amide bonds. The molecule has 0 bridgehead atoms. The van der Waals surface area contributed by atoms with Crippen LogP contribution in [0.25, 0.3) is 0 Å². The molecule has 0 aromatic carbocycles. The summed E-state index contributed by atoms with van der Waals surface area (Å²) in [7, 11) is 0. The first-order valence-electron chi connectivity index (χ1n) is 5.04. The van der Waals surface area contributed by atoms with E-state index in [9.17, 15) is 9.59 Å². The number of carboxylic acid groups (broad SMARTS) is 1. The van der Waals surface area contributed by atoms with Crippen LogP contribution in [-0.2, 0) is 16.1 Å². The van der Waals surface area contributed by atoms with Crippen molar-refractivity contribution in [1.82, 2.24) is 15.5 Å². The van der Waals surface area contributed by atoms with Crippen molar-refractivity contribution in [3.05, 3.63) is 18.0 Å². The van der Waals surface area contributed by atoms with E-state index in [0.717, 1.165) is 5.56 Å². The fraction of sp³-hybridized carbons (Fsp3) is 0.500. The third-order valence-electron chi connectivity index (χ3n) is 2.10. The zero-order valence-electron chi connectivity index (χ0n) is 9.06. The summed E-state index contributed by atoms with van der Waals surface area (Å²) >= 11 is 0. The van der Waals surface area contributed by atoms with Crippen LogP contribution in [0.3, 0.4) is 0 Å². The molecular formula is C10H15N3O3. The lowest BCUT2D eigenvalue weighted by Gasteiger charge is -2.08. The van der Waals surface area contributed by atoms with Gasteiger partial charge in [-0.1, -0.05) is 6.92 Å². The van der Waals surface area contributed by atoms with Gasteiger partial charge in [0.25, 0.3) is 0 Å². The summed E-state index contributed by atoms with van der Waals surface area (Å²) in [6.45, 7) is 2.15. The van der Waals surface area contributed by atoms with Crippen LogP contribution in [0.5, 0.6) is 0 Å². The molecule has 6 nitrogen and oxygen atoms in total. The van der Waals surface area contributed by atoms with Gasteiger partial charge in [0.1, 0.15) is 0 Å². The maximum absolute atomic E-state index is 11.4. The van der Waals surface area contributed by atoms with Gasteiger partial charge in [-0.05, 0) is 5.92 Å². The Kier molecular flexibility index (Phi) is 4.50. The van der Waals surface area contributed by atoms with Crippen LogP contribution in [0.2, 0.25) is 0 Å². The van der Waals surface area contributed by atoms with Crippen molar-refractivity contribution in [3.8, 4) is 0 Å². The zero-order valence-corrected chi connectivity index (χ0v) is 9.06. The second kappa shape index (κ2) is 5.89. The van der Waals surface area contributed by atoms with Gasteiger partial charge in [-0.25, -0.2) is 0 Å². The number of carbonyl (C=O) groups is 2. The lowest BCUT2D eigenvalue weighted by atomic mass is 10.0. The van der Waals surface area contributed by atoms with Crippen LogP contribution >= 0.6 is 0 Å². The molecule has 3 N–H and O–H groups in total. The van der Waals surface area contributed by atoms with E-state index in [2.05, 4.69) is 15.5 Å². The van der Waals surface area contributed by atoms with Gasteiger partial charge in [0.2, 0.25) is 5.91 Å². The van der Waals surface area contributed by atoms with Crippen LogP contribution in [-0.4, -0.2) is 27.2 Å². The Labute approximate surface area is 93.1 Å². The molecule has 16 heavy (non-hydrogen) atoms. The summed E-state index contributed by atoms with van der Waals surface area (Å²) in [4.78, 5) is 21.8. The minimum absolute atomic E-state index is 0.0130. The molecule has 0 aliphatic heterocycles. The molecule has 0 saturated heterocycles. The molecule has 0 saturated carbocycles. The standard InChI is InChI=1S/C10H15N3O3/c1-7(3-10(15)16)2-9(14)11-4-8-5-12-13-6-8/h5-7H,2-4H2,1H3,(H,11,14)(H,12,13)(H,15,16). The number of rotatable bonds is 6. The maximum Gasteiger partial charge on any atom is 0.303 e. The number of nitrogens with zero attached hydrogens (tertiary/aromatic N) is 1. The smallest absolute Gasteiger partial charge is 0.303 e. The number of aromatic amines is 1. The number of H-pyrrole nitrogens is 1. The zero-order chi connectivity index (χ0) is 12.0. The van der Waals surface area contributed by atoms with Gasteiger partial charge < -0.3 is 10.4 Å². The van der Waals surface area contributed by atoms with Crippen LogP contribution in [0, 0.1) is 5.92 Å². The fourth-order valence-corrected chi connectivity index (χ4v) is 1.33. The summed E-state index contributed by atoms with van der Waals surface area (Å²) in [5, 5.41) is 17.6. The molecule has 1 atom stereocenters. The number of aliphatic carboxylic acids is 1. The monoisotopic (exact) mass is 225 g/mol. The number of carboxylic acids is 1. The van der Waals surface area contributed by atoms with Crippen molar-refractivity contribution >= 4 is 11.9 Å². The maximum atomic E-state index is 11.4. The first-order valence-corrected chi connectivity index (χ1v) is 5.04. The lowest BCUT2D eigenvalue weighted by Crippen LogP contribution is -2.25. The van der Waals surface area contributed by atoms with E-state index in [1.165, 1.54) is 0 Å². The van der Waals surface area contributed by atoms with Gasteiger partial charge >= 0.3 is 5.97 Å². The highest BCUT2D eigenvalue weighted by molar-refractivity contribution is 5.77. The number of carbonyl (C=O) groups excluding carboxylic acids is 1. The predicted molar refractivity (Wildman–Crippen MR) is 56.5 cm³/mol. The van der Waals surface area contributed by atoms with E-state index < -0.39 is 5.97 Å². The van der Waals surface area contributed by atoms with Crippen LogP contribution in [0.15, 0.2) is 12.4 Å². The molecule has 6 heteroatoms. The van der Waals surface area contributed by atoms with E-state index in [0.29, 0.717) is 6.54 Å². The molecule has 0 aliphatic carbocycles. The Morgan fingerprint density at radius 3 is 2.88 bits per heavy atom. The Morgan fingerprint density at radius 1 is 1.56 bits per heavy atom. The third kappa shape index (κ3) is 4.59. The average molecular weight is 225 g/mol. The Balaban J connectivity index is 2.23. The second-order valence-corrected chi connectivity index (χ2v) is 3.79. The summed E-state index contributed by atoms with van der Waals surface area (Å²) in [5.41, 5.74) is 0.888. The number of nitrogens with one attached hydrogen (secondary N) is 2. The molecule has 1 heterocycles. The predicted octanol–water partition coefficient (Wildman–Crippen LogP) is 0.527. The molecular weight excluding hydrogens is 210 g/mol. The van der Waals surface area contributed by atoms with Crippen molar-refractivity contribution in [2.24, 2.45) is 5.92 Å². The molecule has 1 aromatic heterocycles. The number of amides is 1. The first-order chi connectivity index (χ1) is 7.58. The van der Waals surface area contributed by atoms with Crippen molar-refractivity contribution in [2.45, 2.75) is 26.3 Å². The van der Waals surface area contributed by atoms with Crippen LogP contribution in [0.4, 0.5) is 0 Å². The highest BCUT2D eigenvalue weighted by Gasteiger charge is 2.12. The van der Waals surface area contributed by atoms with Gasteiger partial charge in [-0.2, -0.15) is 5.10 Å². The molecule has 88 valence electrons. The van der Waals surface area contributed by atoms with Crippen LogP contribution in [0.1, 0.15) is 25.3 Å². The summed E-state index contributed by atoms with van der Waals surface area (Å²) in [6, 6.07) is 0. The van der Waals surface area contributed by atoms with E-state index in [4.69, 9.17) is 5.11 Å². The van der Waals surface area contributed by atoms with E-state index in [1.54, 1.807) is 19.3 Å². The Hall–Kier alpha value is -1.85. The lowest BCUT2D eigenvalue weighted by molar-refractivity contribution is -0.138. The topological polar surface area (TPSA) is 95.1 Å². The summed E-state index contributed by atoms with van der Waals surface area (Å²) in [5.74, 6) is -1.17. The molecule has 0 fully saturated rings. The number of hydrogen-bond donors (Lipinski definition) is 3. The molecule has 0 spiro atoms. The first kappa shape index (κ1) is 12.2. The van der Waals surface area contributed by atoms with Gasteiger partial charge in [0.05, 0.1) is 6.20 Å². The highest BCUT2D eigenvalue weighted by atomic mass is 16.4. The quantitative estimate of drug-likeness (QED) is 0.658. The van der Waals surface area contributed by atoms with Gasteiger partial charge in [-0.15, -0.1) is 0 Å². The van der Waals surface area contributed by atoms with Crippen molar-refractivity contribution in [3.63, 3.8) is 0 Å². The van der Waals surface area contributed by atoms with Gasteiger partial charge in [-0.3, -0.25) is 14.7 Å². The van der Waals surface area contributed by atoms with E-state index >= 15 is 0 Å². The molecule has 0 radical (unpaired) electrons. The average Bonchev–Trinajstić information content (AvgIpc) is 2.65. The fourth-order valence-electron chi connectivity index (χ4n) is 1.33. The van der Waals surface area contributed by atoms with Crippen LogP contribution < -0.4 is 5.32 Å². The third-order valence-corrected chi connectivity index (χ3v) is 2.10. The highest BCUT2D eigenvalue weighted by Crippen LogP contribution is 2.07. The van der Waals surface area contributed by atoms with Crippen molar-refractivity contribution in [2.75, 3.05) is 0 Å². The van der Waals surface area contributed by atoms with E-state index in [-0.39, 0.29) is 24.7 Å².